The van der Waals surface area contributed by atoms with Crippen LogP contribution in [0.4, 0.5) is 9.59 Å². The Kier molecular flexibility index (Phi) is 5.60. The lowest BCUT2D eigenvalue weighted by molar-refractivity contribution is -0.146. The molecule has 1 rings (SSSR count). The number of carbonyl (C=O) groups excluding carboxylic acids is 2. The maximum atomic E-state index is 11.7. The fraction of sp³-hybridized carbons (Fsp3) is 0.750. The highest BCUT2D eigenvalue weighted by molar-refractivity contribution is 5.86. The number of hydrogen-bond acceptors (Lipinski definition) is 3. The first kappa shape index (κ1) is 16.1. The van der Waals surface area contributed by atoms with Gasteiger partial charge in [0, 0.05) is 13.1 Å². The zero-order chi connectivity index (χ0) is 15.2. The molecule has 0 aromatic heterocycles. The Morgan fingerprint density at radius 2 is 1.95 bits per heavy atom. The zero-order valence-electron chi connectivity index (χ0n) is 11.6. The SMILES string of the molecule is CC1CCCC(NC(=O)NCCNC(N)=O)(C(=O)O)C1. The third-order valence-corrected chi connectivity index (χ3v) is 3.47. The molecule has 0 bridgehead atoms. The Morgan fingerprint density at radius 1 is 1.30 bits per heavy atom. The molecule has 0 aliphatic heterocycles. The second-order valence-corrected chi connectivity index (χ2v) is 5.26. The number of urea groups is 2. The lowest BCUT2D eigenvalue weighted by atomic mass is 9.76. The van der Waals surface area contributed by atoms with Crippen LogP contribution in [0.15, 0.2) is 0 Å². The van der Waals surface area contributed by atoms with E-state index in [9.17, 15) is 19.5 Å². The van der Waals surface area contributed by atoms with Crippen LogP contribution in [0.2, 0.25) is 0 Å². The van der Waals surface area contributed by atoms with Crippen LogP contribution >= 0.6 is 0 Å². The summed E-state index contributed by atoms with van der Waals surface area (Å²) in [6.45, 7) is 2.35. The molecule has 8 nitrogen and oxygen atoms in total. The Bertz CT molecular complexity index is 388. The van der Waals surface area contributed by atoms with Crippen LogP contribution in [0, 0.1) is 5.92 Å². The number of rotatable bonds is 5. The lowest BCUT2D eigenvalue weighted by Gasteiger charge is -2.37. The lowest BCUT2D eigenvalue weighted by Crippen LogP contribution is -2.59. The molecule has 0 radical (unpaired) electrons. The van der Waals surface area contributed by atoms with Gasteiger partial charge in [0.25, 0.3) is 0 Å². The number of carboxylic acids is 1. The highest BCUT2D eigenvalue weighted by atomic mass is 16.4. The second-order valence-electron chi connectivity index (χ2n) is 5.26. The number of amides is 4. The van der Waals surface area contributed by atoms with E-state index in [0.717, 1.165) is 12.8 Å². The molecule has 4 amide bonds. The van der Waals surface area contributed by atoms with Crippen molar-refractivity contribution in [1.82, 2.24) is 16.0 Å². The fourth-order valence-electron chi connectivity index (χ4n) is 2.54. The van der Waals surface area contributed by atoms with E-state index in [1.807, 2.05) is 6.92 Å². The Labute approximate surface area is 117 Å². The van der Waals surface area contributed by atoms with Crippen LogP contribution in [0.5, 0.6) is 0 Å². The summed E-state index contributed by atoms with van der Waals surface area (Å²) in [5, 5.41) is 16.8. The highest BCUT2D eigenvalue weighted by Gasteiger charge is 2.43. The summed E-state index contributed by atoms with van der Waals surface area (Å²) in [4.78, 5) is 33.6. The Morgan fingerprint density at radius 3 is 2.50 bits per heavy atom. The predicted molar refractivity (Wildman–Crippen MR) is 72.1 cm³/mol. The molecular weight excluding hydrogens is 264 g/mol. The van der Waals surface area contributed by atoms with Crippen LogP contribution in [0.1, 0.15) is 32.6 Å². The average molecular weight is 286 g/mol. The van der Waals surface area contributed by atoms with Crippen molar-refractivity contribution >= 4 is 18.0 Å². The topological polar surface area (TPSA) is 134 Å². The van der Waals surface area contributed by atoms with Crippen molar-refractivity contribution in [3.63, 3.8) is 0 Å². The molecule has 2 unspecified atom stereocenters. The fourth-order valence-corrected chi connectivity index (χ4v) is 2.54. The van der Waals surface area contributed by atoms with Crippen molar-refractivity contribution in [1.29, 1.82) is 0 Å². The minimum atomic E-state index is -1.20. The van der Waals surface area contributed by atoms with E-state index >= 15 is 0 Å². The van der Waals surface area contributed by atoms with Gasteiger partial charge in [0.2, 0.25) is 0 Å². The third kappa shape index (κ3) is 4.60. The monoisotopic (exact) mass is 286 g/mol. The number of nitrogens with one attached hydrogen (secondary N) is 3. The first-order valence-electron chi connectivity index (χ1n) is 6.68. The highest BCUT2D eigenvalue weighted by Crippen LogP contribution is 2.32. The average Bonchev–Trinajstić information content (AvgIpc) is 2.34. The van der Waals surface area contributed by atoms with Crippen LogP contribution in [0.3, 0.4) is 0 Å². The molecule has 1 saturated carbocycles. The molecule has 8 heteroatoms. The maximum absolute atomic E-state index is 11.7. The molecule has 0 aromatic carbocycles. The van der Waals surface area contributed by atoms with Gasteiger partial charge in [-0.15, -0.1) is 0 Å². The molecule has 2 atom stereocenters. The molecule has 0 aromatic rings. The molecule has 1 aliphatic carbocycles. The summed E-state index contributed by atoms with van der Waals surface area (Å²) >= 11 is 0. The molecule has 1 fully saturated rings. The van der Waals surface area contributed by atoms with Gasteiger partial charge in [0.05, 0.1) is 0 Å². The third-order valence-electron chi connectivity index (χ3n) is 3.47. The van der Waals surface area contributed by atoms with Crippen molar-refractivity contribution in [3.8, 4) is 0 Å². The van der Waals surface area contributed by atoms with E-state index in [0.29, 0.717) is 12.8 Å². The van der Waals surface area contributed by atoms with Gasteiger partial charge in [-0.05, 0) is 18.8 Å². The number of carbonyl (C=O) groups is 3. The summed E-state index contributed by atoms with van der Waals surface area (Å²) < 4.78 is 0. The Balaban J connectivity index is 2.47. The van der Waals surface area contributed by atoms with E-state index < -0.39 is 23.6 Å². The van der Waals surface area contributed by atoms with E-state index in [1.54, 1.807) is 0 Å². The first-order valence-corrected chi connectivity index (χ1v) is 6.68. The van der Waals surface area contributed by atoms with Crippen molar-refractivity contribution in [2.75, 3.05) is 13.1 Å². The van der Waals surface area contributed by atoms with Gasteiger partial charge in [-0.1, -0.05) is 19.8 Å². The van der Waals surface area contributed by atoms with E-state index in [4.69, 9.17) is 5.73 Å². The van der Waals surface area contributed by atoms with E-state index in [1.165, 1.54) is 0 Å². The minimum absolute atomic E-state index is 0.181. The normalized spacial score (nSPS) is 25.6. The van der Waals surface area contributed by atoms with Gasteiger partial charge in [0.15, 0.2) is 0 Å². The number of aliphatic carboxylic acids is 1. The summed E-state index contributed by atoms with van der Waals surface area (Å²) in [7, 11) is 0. The smallest absolute Gasteiger partial charge is 0.329 e. The molecule has 6 N–H and O–H groups in total. The van der Waals surface area contributed by atoms with Crippen molar-refractivity contribution in [2.24, 2.45) is 11.7 Å². The second kappa shape index (κ2) is 6.97. The number of primary amides is 1. The molecule has 20 heavy (non-hydrogen) atoms. The largest absolute Gasteiger partial charge is 0.480 e. The Hall–Kier alpha value is -1.99. The van der Waals surface area contributed by atoms with Gasteiger partial charge in [-0.2, -0.15) is 0 Å². The van der Waals surface area contributed by atoms with Crippen LogP contribution in [0.25, 0.3) is 0 Å². The van der Waals surface area contributed by atoms with Crippen molar-refractivity contribution in [2.45, 2.75) is 38.1 Å². The van der Waals surface area contributed by atoms with E-state index in [2.05, 4.69) is 16.0 Å². The van der Waals surface area contributed by atoms with Crippen LogP contribution in [-0.2, 0) is 4.79 Å². The quantitative estimate of drug-likeness (QED) is 0.454. The van der Waals surface area contributed by atoms with Gasteiger partial charge in [-0.25, -0.2) is 14.4 Å². The molecule has 1 aliphatic rings. The van der Waals surface area contributed by atoms with Gasteiger partial charge >= 0.3 is 18.0 Å². The van der Waals surface area contributed by atoms with Crippen LogP contribution in [-0.4, -0.2) is 41.8 Å². The summed E-state index contributed by atoms with van der Waals surface area (Å²) in [5.74, 6) is -0.744. The predicted octanol–water partition coefficient (Wildman–Crippen LogP) is -0.0126. The number of nitrogens with two attached hydrogens (primary N) is 1. The van der Waals surface area contributed by atoms with Gasteiger partial charge < -0.3 is 26.8 Å². The molecule has 114 valence electrons. The van der Waals surface area contributed by atoms with Gasteiger partial charge in [0.1, 0.15) is 5.54 Å². The first-order chi connectivity index (χ1) is 9.35. The molecule has 0 heterocycles. The van der Waals surface area contributed by atoms with Gasteiger partial charge in [-0.3, -0.25) is 0 Å². The standard InChI is InChI=1S/C12H22N4O4/c1-8-3-2-4-12(7-8,9(17)18)16-11(20)15-6-5-14-10(13)19/h8H,2-7H2,1H3,(H,17,18)(H3,13,14,19)(H2,15,16,20). The van der Waals surface area contributed by atoms with Crippen molar-refractivity contribution in [3.05, 3.63) is 0 Å². The zero-order valence-corrected chi connectivity index (χ0v) is 11.6. The van der Waals surface area contributed by atoms with Crippen LogP contribution < -0.4 is 21.7 Å². The number of carboxylic acid groups (broad SMARTS) is 1. The summed E-state index contributed by atoms with van der Waals surface area (Å²) in [6, 6.07) is -1.22. The molecule has 0 saturated heterocycles. The summed E-state index contributed by atoms with van der Waals surface area (Å²) in [6.07, 6.45) is 2.60. The number of hydrogen-bond donors (Lipinski definition) is 5. The van der Waals surface area contributed by atoms with Crippen molar-refractivity contribution < 1.29 is 19.5 Å². The molecule has 0 spiro atoms. The summed E-state index contributed by atoms with van der Waals surface area (Å²) in [5.41, 5.74) is 3.68. The van der Waals surface area contributed by atoms with E-state index in [-0.39, 0.29) is 19.0 Å². The maximum Gasteiger partial charge on any atom is 0.329 e. The molecular formula is C12H22N4O4. The minimum Gasteiger partial charge on any atom is -0.480 e.